The molecular weight excluding hydrogens is 194 g/mol. The van der Waals surface area contributed by atoms with Crippen LogP contribution in [-0.4, -0.2) is 16.9 Å². The van der Waals surface area contributed by atoms with E-state index in [0.29, 0.717) is 0 Å². The highest BCUT2D eigenvalue weighted by Crippen LogP contribution is 2.14. The van der Waals surface area contributed by atoms with Crippen LogP contribution in [0.3, 0.4) is 0 Å². The molecule has 3 heteroatoms. The van der Waals surface area contributed by atoms with Crippen LogP contribution in [0.15, 0.2) is 0 Å². The molecule has 2 nitrogen and oxygen atoms in total. The van der Waals surface area contributed by atoms with Gasteiger partial charge in [0.05, 0.1) is 5.25 Å². The van der Waals surface area contributed by atoms with Crippen molar-refractivity contribution in [3.05, 3.63) is 0 Å². The van der Waals surface area contributed by atoms with Crippen molar-refractivity contribution in [1.82, 2.24) is 0 Å². The molecule has 0 aromatic rings. The van der Waals surface area contributed by atoms with Crippen molar-refractivity contribution in [2.75, 3.05) is 5.75 Å². The second-order valence-corrected chi connectivity index (χ2v) is 5.13. The molecule has 0 heterocycles. The molecule has 0 bridgehead atoms. The molecule has 2 N–H and O–H groups in total. The zero-order chi connectivity index (χ0) is 10.8. The van der Waals surface area contributed by atoms with Crippen molar-refractivity contribution in [2.24, 2.45) is 5.73 Å². The van der Waals surface area contributed by atoms with Gasteiger partial charge in [0.1, 0.15) is 0 Å². The Morgan fingerprint density at radius 1 is 1.21 bits per heavy atom. The van der Waals surface area contributed by atoms with Crippen molar-refractivity contribution in [2.45, 2.75) is 57.6 Å². The van der Waals surface area contributed by atoms with Gasteiger partial charge >= 0.3 is 0 Å². The minimum Gasteiger partial charge on any atom is -0.369 e. The minimum atomic E-state index is -0.194. The molecule has 0 aromatic carbocycles. The maximum atomic E-state index is 10.7. The van der Waals surface area contributed by atoms with Crippen LogP contribution in [0.5, 0.6) is 0 Å². The predicted octanol–water partition coefficient (Wildman–Crippen LogP) is 2.95. The number of nitrogens with two attached hydrogens (primary N) is 1. The molecule has 0 aromatic heterocycles. The number of primary amides is 1. The summed E-state index contributed by atoms with van der Waals surface area (Å²) in [5.41, 5.74) is 5.16. The van der Waals surface area contributed by atoms with Gasteiger partial charge in [0.2, 0.25) is 5.91 Å². The van der Waals surface area contributed by atoms with E-state index >= 15 is 0 Å². The summed E-state index contributed by atoms with van der Waals surface area (Å²) in [6.07, 6.45) is 7.84. The van der Waals surface area contributed by atoms with Crippen molar-refractivity contribution < 1.29 is 4.79 Å². The molecule has 0 fully saturated rings. The van der Waals surface area contributed by atoms with Crippen LogP contribution in [0, 0.1) is 0 Å². The van der Waals surface area contributed by atoms with Gasteiger partial charge in [0.25, 0.3) is 0 Å². The summed E-state index contributed by atoms with van der Waals surface area (Å²) in [5, 5.41) is -0.0226. The van der Waals surface area contributed by atoms with E-state index in [1.807, 2.05) is 6.92 Å². The molecule has 1 atom stereocenters. The Kier molecular flexibility index (Phi) is 9.26. The fourth-order valence-corrected chi connectivity index (χ4v) is 2.11. The summed E-state index contributed by atoms with van der Waals surface area (Å²) in [6.45, 7) is 4.11. The summed E-state index contributed by atoms with van der Waals surface area (Å²) in [6, 6.07) is 0. The highest BCUT2D eigenvalue weighted by molar-refractivity contribution is 8.00. The number of hydrogen-bond acceptors (Lipinski definition) is 2. The van der Waals surface area contributed by atoms with Gasteiger partial charge in [-0.3, -0.25) is 4.79 Å². The van der Waals surface area contributed by atoms with E-state index in [0.717, 1.165) is 5.75 Å². The maximum absolute atomic E-state index is 10.7. The third-order valence-electron chi connectivity index (χ3n) is 2.27. The van der Waals surface area contributed by atoms with Gasteiger partial charge in [0.15, 0.2) is 0 Å². The van der Waals surface area contributed by atoms with Gasteiger partial charge in [-0.1, -0.05) is 39.0 Å². The first-order valence-corrected chi connectivity index (χ1v) is 6.64. The van der Waals surface area contributed by atoms with Gasteiger partial charge in [-0.15, -0.1) is 11.8 Å². The Hall–Kier alpha value is -0.180. The van der Waals surface area contributed by atoms with E-state index in [1.165, 1.54) is 38.5 Å². The van der Waals surface area contributed by atoms with Gasteiger partial charge < -0.3 is 5.73 Å². The molecule has 0 saturated carbocycles. The Morgan fingerprint density at radius 2 is 1.79 bits per heavy atom. The molecule has 0 rings (SSSR count). The van der Waals surface area contributed by atoms with Gasteiger partial charge in [-0.25, -0.2) is 0 Å². The summed E-state index contributed by atoms with van der Waals surface area (Å²) in [5.74, 6) is 0.872. The molecule has 0 aliphatic heterocycles. The first-order valence-electron chi connectivity index (χ1n) is 5.59. The van der Waals surface area contributed by atoms with Crippen molar-refractivity contribution >= 4 is 17.7 Å². The lowest BCUT2D eigenvalue weighted by molar-refractivity contribution is -0.117. The van der Waals surface area contributed by atoms with Gasteiger partial charge in [-0.05, 0) is 19.1 Å². The maximum Gasteiger partial charge on any atom is 0.230 e. The van der Waals surface area contributed by atoms with E-state index in [-0.39, 0.29) is 11.2 Å². The average molecular weight is 217 g/mol. The van der Waals surface area contributed by atoms with E-state index < -0.39 is 0 Å². The van der Waals surface area contributed by atoms with Crippen LogP contribution in [0.2, 0.25) is 0 Å². The fourth-order valence-electron chi connectivity index (χ4n) is 1.22. The SMILES string of the molecule is CCCCCCCCS[C@@H](C)C(N)=O. The molecule has 0 aliphatic rings. The number of rotatable bonds is 9. The molecule has 84 valence electrons. The number of unbranched alkanes of at least 4 members (excludes halogenated alkanes) is 5. The number of hydrogen-bond donors (Lipinski definition) is 1. The summed E-state index contributed by atoms with van der Waals surface area (Å²) in [7, 11) is 0. The van der Waals surface area contributed by atoms with Crippen LogP contribution in [0.1, 0.15) is 52.4 Å². The van der Waals surface area contributed by atoms with E-state index in [4.69, 9.17) is 5.73 Å². The highest BCUT2D eigenvalue weighted by atomic mass is 32.2. The zero-order valence-corrected chi connectivity index (χ0v) is 10.2. The zero-order valence-electron chi connectivity index (χ0n) is 9.42. The molecule has 0 aliphatic carbocycles. The van der Waals surface area contributed by atoms with Crippen LogP contribution < -0.4 is 5.73 Å². The highest BCUT2D eigenvalue weighted by Gasteiger charge is 2.07. The Balaban J connectivity index is 3.09. The third kappa shape index (κ3) is 8.42. The molecular formula is C11H23NOS. The monoisotopic (exact) mass is 217 g/mol. The molecule has 0 radical (unpaired) electrons. The van der Waals surface area contributed by atoms with Crippen molar-refractivity contribution in [1.29, 1.82) is 0 Å². The van der Waals surface area contributed by atoms with Crippen LogP contribution >= 0.6 is 11.8 Å². The second-order valence-electron chi connectivity index (χ2n) is 3.68. The lowest BCUT2D eigenvalue weighted by atomic mass is 10.1. The van der Waals surface area contributed by atoms with E-state index in [2.05, 4.69) is 6.92 Å². The number of carbonyl (C=O) groups excluding carboxylic acids is 1. The molecule has 0 saturated heterocycles. The summed E-state index contributed by atoms with van der Waals surface area (Å²) < 4.78 is 0. The molecule has 1 amide bonds. The number of thioether (sulfide) groups is 1. The topological polar surface area (TPSA) is 43.1 Å². The lowest BCUT2D eigenvalue weighted by Gasteiger charge is -2.06. The van der Waals surface area contributed by atoms with Crippen LogP contribution in [-0.2, 0) is 4.79 Å². The smallest absolute Gasteiger partial charge is 0.230 e. The van der Waals surface area contributed by atoms with Crippen molar-refractivity contribution in [3.8, 4) is 0 Å². The number of carbonyl (C=O) groups is 1. The van der Waals surface area contributed by atoms with E-state index in [9.17, 15) is 4.79 Å². The predicted molar refractivity (Wildman–Crippen MR) is 64.5 cm³/mol. The average Bonchev–Trinajstić information content (AvgIpc) is 2.16. The van der Waals surface area contributed by atoms with Gasteiger partial charge in [0, 0.05) is 0 Å². The van der Waals surface area contributed by atoms with Crippen molar-refractivity contribution in [3.63, 3.8) is 0 Å². The standard InChI is InChI=1S/C11H23NOS/c1-3-4-5-6-7-8-9-14-10(2)11(12)13/h10H,3-9H2,1-2H3,(H2,12,13)/t10-/m0/s1. The van der Waals surface area contributed by atoms with E-state index in [1.54, 1.807) is 11.8 Å². The Bertz CT molecular complexity index is 150. The molecule has 0 unspecified atom stereocenters. The first kappa shape index (κ1) is 13.8. The summed E-state index contributed by atoms with van der Waals surface area (Å²) in [4.78, 5) is 10.7. The molecule has 0 spiro atoms. The van der Waals surface area contributed by atoms with Gasteiger partial charge in [-0.2, -0.15) is 0 Å². The fraction of sp³-hybridized carbons (Fsp3) is 0.909. The first-order chi connectivity index (χ1) is 6.68. The Morgan fingerprint density at radius 3 is 2.36 bits per heavy atom. The Labute approximate surface area is 92.0 Å². The van der Waals surface area contributed by atoms with Crippen LogP contribution in [0.25, 0.3) is 0 Å². The number of amides is 1. The quantitative estimate of drug-likeness (QED) is 0.603. The minimum absolute atomic E-state index is 0.0226. The normalized spacial score (nSPS) is 12.7. The second kappa shape index (κ2) is 9.38. The summed E-state index contributed by atoms with van der Waals surface area (Å²) >= 11 is 1.67. The largest absolute Gasteiger partial charge is 0.369 e. The molecule has 14 heavy (non-hydrogen) atoms. The van der Waals surface area contributed by atoms with Crippen LogP contribution in [0.4, 0.5) is 0 Å². The third-order valence-corrected chi connectivity index (χ3v) is 3.52. The lowest BCUT2D eigenvalue weighted by Crippen LogP contribution is -2.22.